The van der Waals surface area contributed by atoms with Gasteiger partial charge in [0.2, 0.25) is 0 Å². The molecule has 8 heteroatoms. The quantitative estimate of drug-likeness (QED) is 0.304. The van der Waals surface area contributed by atoms with Gasteiger partial charge in [-0.05, 0) is 18.8 Å². The molecule has 0 amide bonds. The monoisotopic (exact) mass is 332 g/mol. The van der Waals surface area contributed by atoms with Crippen molar-refractivity contribution in [3.8, 4) is 0 Å². The third kappa shape index (κ3) is 3.05. The number of hydrogen-bond acceptors (Lipinski definition) is 8. The molecule has 0 aromatic heterocycles. The first kappa shape index (κ1) is 17.2. The highest BCUT2D eigenvalue weighted by molar-refractivity contribution is 5.87. The van der Waals surface area contributed by atoms with Crippen molar-refractivity contribution in [2.45, 2.75) is 74.5 Å². The lowest BCUT2D eigenvalue weighted by atomic mass is 9.71. The van der Waals surface area contributed by atoms with E-state index in [1.54, 1.807) is 0 Å². The Morgan fingerprint density at radius 2 is 1.43 bits per heavy atom. The molecule has 3 rings (SSSR count). The average Bonchev–Trinajstić information content (AvgIpc) is 2.47. The fraction of sp³-hybridized carbons (Fsp3) is 0.933. The molecule has 2 saturated carbocycles. The Hall–Kier alpha value is -0.610. The van der Waals surface area contributed by atoms with Crippen molar-refractivity contribution >= 4 is 5.78 Å². The fourth-order valence-electron chi connectivity index (χ4n) is 4.22. The largest absolute Gasteiger partial charge is 0.393 e. The maximum Gasteiger partial charge on any atom is 0.172 e. The van der Waals surface area contributed by atoms with Crippen LogP contribution in [0, 0.1) is 11.8 Å². The van der Waals surface area contributed by atoms with Crippen LogP contribution in [0.2, 0.25) is 0 Å². The number of aliphatic hydroxyl groups is 6. The number of carbonyl (C=O) groups excluding carboxylic acids is 1. The first-order valence-corrected chi connectivity index (χ1v) is 8.07. The third-order valence-electron chi connectivity index (χ3n) is 5.44. The van der Waals surface area contributed by atoms with Crippen LogP contribution in [0.5, 0.6) is 0 Å². The van der Waals surface area contributed by atoms with Crippen molar-refractivity contribution < 1.29 is 40.2 Å². The third-order valence-corrected chi connectivity index (χ3v) is 5.44. The van der Waals surface area contributed by atoms with Crippen molar-refractivity contribution in [3.05, 3.63) is 0 Å². The summed E-state index contributed by atoms with van der Waals surface area (Å²) in [4.78, 5) is 12.4. The maximum atomic E-state index is 12.4. The predicted octanol–water partition coefficient (Wildman–Crippen LogP) is -2.69. The Kier molecular flexibility index (Phi) is 4.76. The van der Waals surface area contributed by atoms with E-state index in [0.29, 0.717) is 0 Å². The van der Waals surface area contributed by atoms with E-state index in [2.05, 4.69) is 0 Å². The molecule has 3 aliphatic rings. The van der Waals surface area contributed by atoms with Gasteiger partial charge in [-0.25, -0.2) is 0 Å². The Labute approximate surface area is 133 Å². The molecule has 1 aliphatic heterocycles. The van der Waals surface area contributed by atoms with E-state index in [1.165, 1.54) is 0 Å². The lowest BCUT2D eigenvalue weighted by Crippen LogP contribution is -2.61. The minimum atomic E-state index is -1.46. The van der Waals surface area contributed by atoms with Crippen LogP contribution < -0.4 is 0 Å². The fourth-order valence-corrected chi connectivity index (χ4v) is 4.22. The molecule has 0 spiro atoms. The highest BCUT2D eigenvalue weighted by Crippen LogP contribution is 2.39. The topological polar surface area (TPSA) is 148 Å². The zero-order valence-electron chi connectivity index (χ0n) is 12.6. The predicted molar refractivity (Wildman–Crippen MR) is 75.2 cm³/mol. The molecule has 0 aromatic carbocycles. The lowest BCUT2D eigenvalue weighted by molar-refractivity contribution is -0.215. The van der Waals surface area contributed by atoms with E-state index >= 15 is 0 Å². The van der Waals surface area contributed by atoms with Crippen LogP contribution in [0.1, 0.15) is 25.7 Å². The highest BCUT2D eigenvalue weighted by Gasteiger charge is 2.53. The van der Waals surface area contributed by atoms with Crippen molar-refractivity contribution in [3.63, 3.8) is 0 Å². The van der Waals surface area contributed by atoms with Gasteiger partial charge in [0.25, 0.3) is 0 Å². The first-order valence-electron chi connectivity index (χ1n) is 8.07. The average molecular weight is 332 g/mol. The second kappa shape index (κ2) is 6.36. The van der Waals surface area contributed by atoms with Crippen molar-refractivity contribution in [2.24, 2.45) is 11.8 Å². The Morgan fingerprint density at radius 3 is 2.04 bits per heavy atom. The molecule has 0 radical (unpaired) electrons. The van der Waals surface area contributed by atoms with E-state index < -0.39 is 66.5 Å². The minimum absolute atomic E-state index is 0.0701. The molecule has 8 unspecified atom stereocenters. The number of ether oxygens (including phenoxy) is 1. The molecular weight excluding hydrogens is 308 g/mol. The molecule has 23 heavy (non-hydrogen) atoms. The Morgan fingerprint density at radius 1 is 0.826 bits per heavy atom. The lowest BCUT2D eigenvalue weighted by Gasteiger charge is -2.48. The zero-order chi connectivity index (χ0) is 16.9. The van der Waals surface area contributed by atoms with Crippen molar-refractivity contribution in [1.29, 1.82) is 0 Å². The van der Waals surface area contributed by atoms with Crippen LogP contribution in [0.4, 0.5) is 0 Å². The number of fused-ring (bicyclic) bond motifs is 1. The summed E-state index contributed by atoms with van der Waals surface area (Å²) in [6.07, 6.45) is -8.05. The molecule has 0 aromatic rings. The number of carbonyl (C=O) groups is 1. The summed E-state index contributed by atoms with van der Waals surface area (Å²) in [7, 11) is 0. The smallest absolute Gasteiger partial charge is 0.172 e. The number of Topliss-reactive ketones (excluding diaryl/α,β-unsaturated/α-hetero) is 1. The summed E-state index contributed by atoms with van der Waals surface area (Å²) >= 11 is 0. The Bertz CT molecular complexity index is 445. The molecule has 8 nitrogen and oxygen atoms in total. The van der Waals surface area contributed by atoms with Gasteiger partial charge in [0.05, 0.1) is 42.5 Å². The van der Waals surface area contributed by atoms with Gasteiger partial charge < -0.3 is 35.4 Å². The molecule has 0 bridgehead atoms. The van der Waals surface area contributed by atoms with Gasteiger partial charge in [0, 0.05) is 12.8 Å². The van der Waals surface area contributed by atoms with Crippen molar-refractivity contribution in [1.82, 2.24) is 0 Å². The van der Waals surface area contributed by atoms with Gasteiger partial charge >= 0.3 is 0 Å². The van der Waals surface area contributed by atoms with E-state index in [1.807, 2.05) is 0 Å². The summed E-state index contributed by atoms with van der Waals surface area (Å²) in [5.41, 5.74) is 0. The van der Waals surface area contributed by atoms with Crippen molar-refractivity contribution in [2.75, 3.05) is 0 Å². The molecular formula is C15H24O8. The SMILES string of the molecule is O=C1C(O)C(C2CC(O)C(O)C(O)C2)OC2CC(O)CC(O)C12. The number of ketones is 1. The number of rotatable bonds is 1. The summed E-state index contributed by atoms with van der Waals surface area (Å²) in [5.74, 6) is -1.89. The molecule has 1 saturated heterocycles. The molecule has 1 heterocycles. The summed E-state index contributed by atoms with van der Waals surface area (Å²) < 4.78 is 5.79. The van der Waals surface area contributed by atoms with Crippen LogP contribution in [0.3, 0.4) is 0 Å². The van der Waals surface area contributed by atoms with E-state index in [4.69, 9.17) is 4.74 Å². The molecule has 8 atom stereocenters. The number of hydrogen-bond donors (Lipinski definition) is 6. The first-order chi connectivity index (χ1) is 10.8. The summed E-state index contributed by atoms with van der Waals surface area (Å²) in [6, 6.07) is 0. The van der Waals surface area contributed by atoms with Gasteiger partial charge in [0.15, 0.2) is 5.78 Å². The van der Waals surface area contributed by atoms with Gasteiger partial charge in [0.1, 0.15) is 12.2 Å². The standard InChI is InChI=1S/C15H24O8/c16-6-3-7(17)11-10(4-6)23-15(14(22)13(11)21)5-1-8(18)12(20)9(19)2-5/h5-12,14-20,22H,1-4H2. The molecule has 132 valence electrons. The molecule has 6 N–H and O–H groups in total. The van der Waals surface area contributed by atoms with Gasteiger partial charge in [-0.1, -0.05) is 0 Å². The molecule has 3 fully saturated rings. The van der Waals surface area contributed by atoms with E-state index in [9.17, 15) is 35.4 Å². The maximum absolute atomic E-state index is 12.4. The van der Waals surface area contributed by atoms with Gasteiger partial charge in [-0.15, -0.1) is 0 Å². The van der Waals surface area contributed by atoms with Crippen LogP contribution in [0.15, 0.2) is 0 Å². The van der Waals surface area contributed by atoms with Crippen LogP contribution >= 0.6 is 0 Å². The zero-order valence-corrected chi connectivity index (χ0v) is 12.6. The van der Waals surface area contributed by atoms with E-state index in [0.717, 1.165) is 0 Å². The minimum Gasteiger partial charge on any atom is -0.393 e. The highest BCUT2D eigenvalue weighted by atomic mass is 16.5. The Balaban J connectivity index is 1.77. The van der Waals surface area contributed by atoms with Crippen LogP contribution in [0.25, 0.3) is 0 Å². The second-order valence-electron chi connectivity index (χ2n) is 7.06. The van der Waals surface area contributed by atoms with Gasteiger partial charge in [-0.3, -0.25) is 4.79 Å². The normalized spacial score (nSPS) is 54.6. The number of aliphatic hydroxyl groups excluding tert-OH is 6. The summed E-state index contributed by atoms with van der Waals surface area (Å²) in [6.45, 7) is 0. The van der Waals surface area contributed by atoms with Crippen LogP contribution in [-0.2, 0) is 9.53 Å². The molecule has 2 aliphatic carbocycles. The van der Waals surface area contributed by atoms with Gasteiger partial charge in [-0.2, -0.15) is 0 Å². The van der Waals surface area contributed by atoms with Crippen LogP contribution in [-0.4, -0.2) is 85.3 Å². The van der Waals surface area contributed by atoms with E-state index in [-0.39, 0.29) is 25.7 Å². The summed E-state index contributed by atoms with van der Waals surface area (Å²) in [5, 5.41) is 59.2. The second-order valence-corrected chi connectivity index (χ2v) is 7.06.